The maximum atomic E-state index is 12.4. The van der Waals surface area contributed by atoms with E-state index in [-0.39, 0.29) is 11.4 Å². The topological polar surface area (TPSA) is 70.1 Å². The predicted molar refractivity (Wildman–Crippen MR) is 86.3 cm³/mol. The molecule has 23 heavy (non-hydrogen) atoms. The van der Waals surface area contributed by atoms with Gasteiger partial charge in [-0.1, -0.05) is 18.2 Å². The molecule has 1 amide bonds. The number of carbonyl (C=O) groups is 2. The Hall–Kier alpha value is -2.34. The van der Waals surface area contributed by atoms with Gasteiger partial charge in [0.2, 0.25) is 0 Å². The van der Waals surface area contributed by atoms with Crippen molar-refractivity contribution in [2.24, 2.45) is 0 Å². The number of aliphatic hydroxyl groups excluding tert-OH is 1. The van der Waals surface area contributed by atoms with E-state index in [9.17, 15) is 14.7 Å². The molecule has 1 aliphatic heterocycles. The largest absolute Gasteiger partial charge is 0.503 e. The Morgan fingerprint density at radius 2 is 2.00 bits per heavy atom. The van der Waals surface area contributed by atoms with Crippen LogP contribution in [0.2, 0.25) is 0 Å². The van der Waals surface area contributed by atoms with Gasteiger partial charge in [0.1, 0.15) is 5.75 Å². The number of hydrogen-bond acceptors (Lipinski definition) is 5. The normalized spacial score (nSPS) is 18.0. The van der Waals surface area contributed by atoms with E-state index in [0.717, 1.165) is 0 Å². The fourth-order valence-electron chi connectivity index (χ4n) is 2.77. The molecule has 6 nitrogen and oxygen atoms in total. The lowest BCUT2D eigenvalue weighted by atomic mass is 9.96. The summed E-state index contributed by atoms with van der Waals surface area (Å²) in [7, 11) is 5.34. The number of rotatable bonds is 6. The molecule has 1 unspecified atom stereocenters. The fraction of sp³-hybridized carbons (Fsp3) is 0.412. The summed E-state index contributed by atoms with van der Waals surface area (Å²) in [5.74, 6) is -0.729. The standard InChI is InChI=1S/C17H22N2O4/c1-11(20)14-15(12-7-5-6-8-13(12)23-4)19(10-9-18(2)3)17(22)16(14)21/h5-8,15,21H,9-10H2,1-4H3. The Morgan fingerprint density at radius 3 is 2.57 bits per heavy atom. The summed E-state index contributed by atoms with van der Waals surface area (Å²) >= 11 is 0. The van der Waals surface area contributed by atoms with Crippen LogP contribution in [-0.4, -0.2) is 60.9 Å². The zero-order chi connectivity index (χ0) is 17.1. The van der Waals surface area contributed by atoms with Gasteiger partial charge in [0.15, 0.2) is 11.5 Å². The highest BCUT2D eigenvalue weighted by Crippen LogP contribution is 2.40. The van der Waals surface area contributed by atoms with Gasteiger partial charge in [0, 0.05) is 18.7 Å². The van der Waals surface area contributed by atoms with Crippen LogP contribution in [0.1, 0.15) is 18.5 Å². The van der Waals surface area contributed by atoms with Gasteiger partial charge in [-0.05, 0) is 27.1 Å². The Kier molecular flexibility index (Phi) is 5.05. The van der Waals surface area contributed by atoms with E-state index in [2.05, 4.69) is 0 Å². The molecule has 6 heteroatoms. The molecule has 1 atom stereocenters. The highest BCUT2D eigenvalue weighted by atomic mass is 16.5. The van der Waals surface area contributed by atoms with Crippen LogP contribution in [0.25, 0.3) is 0 Å². The minimum absolute atomic E-state index is 0.123. The molecule has 0 radical (unpaired) electrons. The Balaban J connectivity index is 2.51. The van der Waals surface area contributed by atoms with Crippen molar-refractivity contribution < 1.29 is 19.4 Å². The molecule has 0 aromatic heterocycles. The average molecular weight is 318 g/mol. The monoisotopic (exact) mass is 318 g/mol. The van der Waals surface area contributed by atoms with E-state index in [1.54, 1.807) is 12.1 Å². The molecule has 1 aromatic carbocycles. The third kappa shape index (κ3) is 3.22. The van der Waals surface area contributed by atoms with Crippen LogP contribution in [0.4, 0.5) is 0 Å². The number of methoxy groups -OCH3 is 1. The summed E-state index contributed by atoms with van der Waals surface area (Å²) in [5.41, 5.74) is 0.814. The van der Waals surface area contributed by atoms with E-state index in [1.807, 2.05) is 31.1 Å². The second-order valence-corrected chi connectivity index (χ2v) is 5.76. The molecule has 0 saturated heterocycles. The summed E-state index contributed by atoms with van der Waals surface area (Å²) in [6.07, 6.45) is 0. The number of Topliss-reactive ketones (excluding diaryl/α,β-unsaturated/α-hetero) is 1. The third-order valence-corrected chi connectivity index (χ3v) is 3.90. The molecule has 1 N–H and O–H groups in total. The molecule has 0 aliphatic carbocycles. The number of hydrogen-bond donors (Lipinski definition) is 1. The molecule has 1 aliphatic rings. The van der Waals surface area contributed by atoms with Crippen molar-refractivity contribution in [2.75, 3.05) is 34.3 Å². The first-order valence-corrected chi connectivity index (χ1v) is 7.41. The van der Waals surface area contributed by atoms with E-state index in [4.69, 9.17) is 4.74 Å². The summed E-state index contributed by atoms with van der Waals surface area (Å²) < 4.78 is 5.37. The van der Waals surface area contributed by atoms with Gasteiger partial charge in [-0.25, -0.2) is 0 Å². The van der Waals surface area contributed by atoms with Gasteiger partial charge in [0.05, 0.1) is 18.7 Å². The molecule has 2 rings (SSSR count). The second kappa shape index (κ2) is 6.83. The lowest BCUT2D eigenvalue weighted by Gasteiger charge is -2.28. The van der Waals surface area contributed by atoms with Crippen molar-refractivity contribution in [3.8, 4) is 5.75 Å². The zero-order valence-corrected chi connectivity index (χ0v) is 13.9. The number of likely N-dealkylation sites (N-methyl/N-ethyl adjacent to an activating group) is 1. The number of carbonyl (C=O) groups excluding carboxylic acids is 2. The highest BCUT2D eigenvalue weighted by molar-refractivity contribution is 6.08. The van der Waals surface area contributed by atoms with E-state index < -0.39 is 17.7 Å². The van der Waals surface area contributed by atoms with Crippen LogP contribution in [-0.2, 0) is 9.59 Å². The SMILES string of the molecule is COc1ccccc1C1C(C(C)=O)=C(O)C(=O)N1CCN(C)C. The van der Waals surface area contributed by atoms with E-state index >= 15 is 0 Å². The van der Waals surface area contributed by atoms with Crippen LogP contribution in [0.3, 0.4) is 0 Å². The van der Waals surface area contributed by atoms with Crippen LogP contribution in [0.5, 0.6) is 5.75 Å². The summed E-state index contributed by atoms with van der Waals surface area (Å²) in [6.45, 7) is 2.38. The van der Waals surface area contributed by atoms with Crippen molar-refractivity contribution >= 4 is 11.7 Å². The van der Waals surface area contributed by atoms with Crippen molar-refractivity contribution in [1.29, 1.82) is 0 Å². The van der Waals surface area contributed by atoms with Gasteiger partial charge < -0.3 is 19.6 Å². The highest BCUT2D eigenvalue weighted by Gasteiger charge is 2.43. The summed E-state index contributed by atoms with van der Waals surface area (Å²) in [4.78, 5) is 27.9. The molecule has 0 bridgehead atoms. The quantitative estimate of drug-likeness (QED) is 0.861. The van der Waals surface area contributed by atoms with Crippen molar-refractivity contribution in [3.05, 3.63) is 41.2 Å². The fourth-order valence-corrected chi connectivity index (χ4v) is 2.77. The smallest absolute Gasteiger partial charge is 0.290 e. The van der Waals surface area contributed by atoms with Gasteiger partial charge in [-0.2, -0.15) is 0 Å². The van der Waals surface area contributed by atoms with Crippen molar-refractivity contribution in [3.63, 3.8) is 0 Å². The number of benzene rings is 1. The minimum Gasteiger partial charge on any atom is -0.503 e. The second-order valence-electron chi connectivity index (χ2n) is 5.76. The van der Waals surface area contributed by atoms with Gasteiger partial charge in [-0.15, -0.1) is 0 Å². The first kappa shape index (κ1) is 17.0. The molecule has 0 saturated carbocycles. The van der Waals surface area contributed by atoms with Crippen molar-refractivity contribution in [2.45, 2.75) is 13.0 Å². The number of amides is 1. The van der Waals surface area contributed by atoms with Gasteiger partial charge in [0.25, 0.3) is 5.91 Å². The molecule has 0 spiro atoms. The first-order valence-electron chi connectivity index (χ1n) is 7.41. The lowest BCUT2D eigenvalue weighted by molar-refractivity contribution is -0.129. The van der Waals surface area contributed by atoms with Crippen LogP contribution >= 0.6 is 0 Å². The first-order chi connectivity index (χ1) is 10.9. The molecular weight excluding hydrogens is 296 g/mol. The van der Waals surface area contributed by atoms with Crippen LogP contribution in [0, 0.1) is 0 Å². The minimum atomic E-state index is -0.629. The van der Waals surface area contributed by atoms with E-state index in [1.165, 1.54) is 18.9 Å². The van der Waals surface area contributed by atoms with Gasteiger partial charge >= 0.3 is 0 Å². The predicted octanol–water partition coefficient (Wildman–Crippen LogP) is 1.54. The lowest BCUT2D eigenvalue weighted by Crippen LogP contribution is -2.36. The van der Waals surface area contributed by atoms with Gasteiger partial charge in [-0.3, -0.25) is 9.59 Å². The average Bonchev–Trinajstić information content (AvgIpc) is 2.76. The molecular formula is C17H22N2O4. The molecule has 124 valence electrons. The number of nitrogens with zero attached hydrogens (tertiary/aromatic N) is 2. The summed E-state index contributed by atoms with van der Waals surface area (Å²) in [6, 6.07) is 6.59. The Bertz CT molecular complexity index is 652. The maximum Gasteiger partial charge on any atom is 0.290 e. The van der Waals surface area contributed by atoms with E-state index in [0.29, 0.717) is 24.4 Å². The van der Waals surface area contributed by atoms with Crippen LogP contribution < -0.4 is 4.74 Å². The number of para-hydroxylation sites is 1. The summed E-state index contributed by atoms with van der Waals surface area (Å²) in [5, 5.41) is 10.2. The van der Waals surface area contributed by atoms with Crippen molar-refractivity contribution in [1.82, 2.24) is 9.80 Å². The van der Waals surface area contributed by atoms with Crippen LogP contribution in [0.15, 0.2) is 35.6 Å². The molecule has 1 aromatic rings. The zero-order valence-electron chi connectivity index (χ0n) is 13.9. The number of aliphatic hydroxyl groups is 1. The Morgan fingerprint density at radius 1 is 1.35 bits per heavy atom. The number of ether oxygens (including phenoxy) is 1. The Labute approximate surface area is 136 Å². The molecule has 0 fully saturated rings. The third-order valence-electron chi connectivity index (χ3n) is 3.90. The molecule has 1 heterocycles. The number of ketones is 1. The maximum absolute atomic E-state index is 12.4.